The van der Waals surface area contributed by atoms with Gasteiger partial charge in [-0.2, -0.15) is 0 Å². The van der Waals surface area contributed by atoms with Gasteiger partial charge in [0.05, 0.1) is 41.5 Å². The number of benzene rings is 2. The van der Waals surface area contributed by atoms with Crippen LogP contribution in [-0.4, -0.2) is 176 Å². The molecule has 6 N–H and O–H groups in total. The van der Waals surface area contributed by atoms with Crippen molar-refractivity contribution in [3.05, 3.63) is 65.0 Å². The number of nitrogens with zero attached hydrogens (tertiary/aromatic N) is 2. The van der Waals surface area contributed by atoms with E-state index in [1.165, 1.54) is 39.8 Å². The Morgan fingerprint density at radius 2 is 1.64 bits per heavy atom. The van der Waals surface area contributed by atoms with Crippen LogP contribution < -0.4 is 5.32 Å². The minimum Gasteiger partial charge on any atom is -0.448 e. The van der Waals surface area contributed by atoms with E-state index in [2.05, 4.69) is 60.8 Å². The summed E-state index contributed by atoms with van der Waals surface area (Å²) in [7, 11) is 5.26. The molecule has 77 heavy (non-hydrogen) atoms. The van der Waals surface area contributed by atoms with Crippen LogP contribution in [0.1, 0.15) is 98.4 Å². The molecular formula is C58H84IN3O13S2. The molecule has 0 radical (unpaired) electrons. The van der Waals surface area contributed by atoms with Gasteiger partial charge in [-0.15, -0.1) is 11.3 Å². The van der Waals surface area contributed by atoms with E-state index in [0.29, 0.717) is 32.5 Å². The Bertz CT molecular complexity index is 2530. The van der Waals surface area contributed by atoms with Crippen LogP contribution in [-0.2, 0) is 38.0 Å². The first-order valence-corrected chi connectivity index (χ1v) is 29.9. The van der Waals surface area contributed by atoms with Crippen LogP contribution in [0, 0.1) is 24.7 Å². The summed E-state index contributed by atoms with van der Waals surface area (Å²) in [5.41, 5.74) is -0.0283. The van der Waals surface area contributed by atoms with E-state index in [9.17, 15) is 35.1 Å². The molecule has 3 fully saturated rings. The quantitative estimate of drug-likeness (QED) is 0.0265. The molecule has 0 saturated carbocycles. The minimum atomic E-state index is -1.95. The number of thiophene rings is 1. The van der Waals surface area contributed by atoms with Gasteiger partial charge in [0.1, 0.15) is 23.9 Å². The number of hydrogen-bond acceptors (Lipinski definition) is 17. The zero-order valence-corrected chi connectivity index (χ0v) is 50.8. The van der Waals surface area contributed by atoms with Gasteiger partial charge in [-0.05, 0) is 153 Å². The van der Waals surface area contributed by atoms with Crippen LogP contribution in [0.5, 0.6) is 0 Å². The van der Waals surface area contributed by atoms with Gasteiger partial charge in [-0.3, -0.25) is 14.5 Å². The van der Waals surface area contributed by atoms with E-state index >= 15 is 0 Å². The van der Waals surface area contributed by atoms with Crippen molar-refractivity contribution in [1.29, 1.82) is 0 Å². The van der Waals surface area contributed by atoms with Gasteiger partial charge in [0.2, 0.25) is 5.91 Å². The third kappa shape index (κ3) is 14.2. The van der Waals surface area contributed by atoms with Gasteiger partial charge < -0.3 is 64.2 Å². The molecule has 16 nitrogen and oxygen atoms in total. The number of methoxy groups -OCH3 is 1. The monoisotopic (exact) mass is 1220 g/mol. The second kappa shape index (κ2) is 25.7. The highest BCUT2D eigenvalue weighted by atomic mass is 127. The lowest BCUT2D eigenvalue weighted by Gasteiger charge is -2.48. The van der Waals surface area contributed by atoms with Crippen molar-refractivity contribution < 1.29 is 63.5 Å². The van der Waals surface area contributed by atoms with Crippen molar-refractivity contribution in [2.45, 2.75) is 193 Å². The zero-order chi connectivity index (χ0) is 56.5. The summed E-state index contributed by atoms with van der Waals surface area (Å²) in [6.45, 7) is 18.8. The number of amides is 1. The van der Waals surface area contributed by atoms with Gasteiger partial charge in [0.25, 0.3) is 0 Å². The van der Waals surface area contributed by atoms with Crippen molar-refractivity contribution in [1.82, 2.24) is 15.1 Å². The molecule has 1 aromatic heterocycles. The first-order valence-electron chi connectivity index (χ1n) is 27.0. The number of aliphatic hydroxyl groups excluding tert-OH is 3. The minimum absolute atomic E-state index is 0.0941. The molecule has 2 aromatic carbocycles. The number of esters is 1. The number of cyclic esters (lactones) is 1. The summed E-state index contributed by atoms with van der Waals surface area (Å²) in [6, 6.07) is 16.1. The lowest BCUT2D eigenvalue weighted by atomic mass is 9.77. The van der Waals surface area contributed by atoms with Crippen LogP contribution in [0.4, 0.5) is 0 Å². The highest BCUT2D eigenvalue weighted by Crippen LogP contribution is 2.51. The largest absolute Gasteiger partial charge is 0.448 e. The second-order valence-corrected chi connectivity index (χ2v) is 26.4. The van der Waals surface area contributed by atoms with Crippen LogP contribution in [0.25, 0.3) is 27.6 Å². The normalized spacial score (nSPS) is 37.7. The molecule has 0 unspecified atom stereocenters. The van der Waals surface area contributed by atoms with E-state index in [1.807, 2.05) is 73.3 Å². The number of fused-ring (bicyclic) bond motifs is 5. The van der Waals surface area contributed by atoms with Gasteiger partial charge >= 0.3 is 5.97 Å². The first-order chi connectivity index (χ1) is 36.1. The maximum Gasteiger partial charge on any atom is 0.312 e. The molecule has 5 heterocycles. The first kappa shape index (κ1) is 62.0. The van der Waals surface area contributed by atoms with Gasteiger partial charge in [-0.1, -0.05) is 55.4 Å². The number of rotatable bonds is 12. The topological polar surface area (TPSA) is 209 Å². The number of nitrogens with one attached hydrogen (secondary N) is 1. The third-order valence-electron chi connectivity index (χ3n) is 16.3. The fourth-order valence-electron chi connectivity index (χ4n) is 11.7. The lowest BCUT2D eigenvalue weighted by Crippen LogP contribution is -2.60. The number of likely N-dealkylation sites (N-methyl/N-ethyl adjacent to an activating group) is 1. The summed E-state index contributed by atoms with van der Waals surface area (Å²) < 4.78 is 36.8. The predicted octanol–water partition coefficient (Wildman–Crippen LogP) is 7.64. The van der Waals surface area contributed by atoms with Gasteiger partial charge in [0.15, 0.2) is 16.7 Å². The van der Waals surface area contributed by atoms with Crippen molar-refractivity contribution >= 4 is 63.6 Å². The molecule has 428 valence electrons. The molecule has 4 aliphatic rings. The Morgan fingerprint density at radius 1 is 0.935 bits per heavy atom. The standard InChI is InChI=1S/C58H84IN3O13S2/c1-31-19-21-44-41(25-31)49-40(39-17-14-15-18-43(39)77-44)27-38(76-49)20-22-45(63)60-23-16-24-62-30-32(2)28-56(8,68)52(74-54-47(64)42(61(11)12)26-33(3)71-54)34(4)48(73-46-29-57(9,70-13)51(66)37(7)72-46)35(5)53(67)75-55(59)58(10,69)50(65)36(62)6/h14-15,17-22,25,27,32-37,42,46-48,50-52,54-55,64-66,68-69H,16,23-24,26,28-30H2,1-13H3,(H,60,63)/b22-20+/t32-,33-,34+,35-,36-,37+,42+,46+,47-,48+,50-,51+,52-,54+,55+,56-,57-,58+/m1/s1. The van der Waals surface area contributed by atoms with E-state index in [-0.39, 0.29) is 36.8 Å². The fourth-order valence-corrected chi connectivity index (χ4v) is 14.6. The van der Waals surface area contributed by atoms with Crippen LogP contribution in [0.2, 0.25) is 0 Å². The zero-order valence-electron chi connectivity index (χ0n) is 47.0. The molecular weight excluding hydrogens is 1140 g/mol. The predicted molar refractivity (Wildman–Crippen MR) is 308 cm³/mol. The molecule has 19 heteroatoms. The van der Waals surface area contributed by atoms with E-state index in [1.54, 1.807) is 63.8 Å². The Kier molecular flexibility index (Phi) is 20.7. The number of halogens is 1. The highest BCUT2D eigenvalue weighted by Gasteiger charge is 2.53. The summed E-state index contributed by atoms with van der Waals surface area (Å²) in [5.74, 6) is -3.19. The van der Waals surface area contributed by atoms with Crippen molar-refractivity contribution in [2.24, 2.45) is 17.8 Å². The Morgan fingerprint density at radius 3 is 2.34 bits per heavy atom. The van der Waals surface area contributed by atoms with Crippen LogP contribution in [0.15, 0.2) is 64.4 Å². The number of aliphatic hydroxyl groups is 5. The average Bonchev–Trinajstić information content (AvgIpc) is 3.78. The lowest BCUT2D eigenvalue weighted by molar-refractivity contribution is -0.317. The van der Waals surface area contributed by atoms with E-state index < -0.39 is 94.0 Å². The Balaban J connectivity index is 1.13. The second-order valence-electron chi connectivity index (χ2n) is 23.1. The molecule has 1 amide bonds. The summed E-state index contributed by atoms with van der Waals surface area (Å²) >= 11 is 5.27. The summed E-state index contributed by atoms with van der Waals surface area (Å²) in [6.07, 6.45) is -4.27. The number of hydrogen-bond donors (Lipinski definition) is 6. The SMILES string of the molecule is CO[C@]1(C)C[C@H](O[C@H]2[C@H](C)[C@@H](O[C@@H]3O[C@H](C)C[C@H](N(C)C)[C@H]3O)[C@](C)(O)C[C@@H](C)CN(CCCNC(=O)/C=C/c3cc4c(s3)-c3cc(C)ccc3Sc3ccccc3-4)[C@H](C)[C@@H](O)[C@](C)(O)[C@@H](I)OC(=O)[C@@H]2C)O[C@@H](C)[C@@H]1O. The van der Waals surface area contributed by atoms with E-state index in [0.717, 1.165) is 16.0 Å². The van der Waals surface area contributed by atoms with Crippen molar-refractivity contribution in [3.63, 3.8) is 0 Å². The van der Waals surface area contributed by atoms with Crippen molar-refractivity contribution in [3.8, 4) is 21.6 Å². The van der Waals surface area contributed by atoms with E-state index in [4.69, 9.17) is 28.4 Å². The third-order valence-corrected chi connectivity index (χ3v) is 20.1. The number of aryl methyl sites for hydroxylation is 1. The summed E-state index contributed by atoms with van der Waals surface area (Å²) in [5, 5.41) is 63.1. The fraction of sp³-hybridized carbons (Fsp3) is 0.655. The number of alkyl halides is 1. The van der Waals surface area contributed by atoms with Gasteiger partial charge in [0, 0.05) is 87.9 Å². The molecule has 3 saturated heterocycles. The van der Waals surface area contributed by atoms with Crippen molar-refractivity contribution in [2.75, 3.05) is 40.8 Å². The molecule has 18 atom stereocenters. The molecule has 0 bridgehead atoms. The number of carbonyl (C=O) groups is 2. The Labute approximate surface area is 477 Å². The average molecular weight is 1220 g/mol. The van der Waals surface area contributed by atoms with Gasteiger partial charge in [-0.25, -0.2) is 0 Å². The van der Waals surface area contributed by atoms with Crippen LogP contribution >= 0.6 is 45.7 Å². The molecule has 0 aliphatic carbocycles. The van der Waals surface area contributed by atoms with Crippen LogP contribution in [0.3, 0.4) is 0 Å². The summed E-state index contributed by atoms with van der Waals surface area (Å²) in [4.78, 5) is 36.4. The molecule has 0 spiro atoms. The maximum absolute atomic E-state index is 14.5. The smallest absolute Gasteiger partial charge is 0.312 e. The number of carbonyl (C=O) groups excluding carboxylic acids is 2. The molecule has 7 rings (SSSR count). The molecule has 4 aliphatic heterocycles. The highest BCUT2D eigenvalue weighted by molar-refractivity contribution is 14.1. The maximum atomic E-state index is 14.5. The Hall–Kier alpha value is -2.58. The molecule has 3 aromatic rings. The number of ether oxygens (including phenoxy) is 6.